The van der Waals surface area contributed by atoms with Crippen molar-refractivity contribution in [3.63, 3.8) is 0 Å². The van der Waals surface area contributed by atoms with Crippen LogP contribution in [0, 0.1) is 17.8 Å². The molecule has 3 saturated heterocycles. The molecule has 8 unspecified atom stereocenters. The molecule has 212 valence electrons. The molecule has 9 atom stereocenters. The topological polar surface area (TPSA) is 107 Å². The van der Waals surface area contributed by atoms with Crippen LogP contribution in [0.5, 0.6) is 0 Å². The summed E-state index contributed by atoms with van der Waals surface area (Å²) in [5.74, 6) is 1.08. The van der Waals surface area contributed by atoms with E-state index in [4.69, 9.17) is 21.1 Å². The van der Waals surface area contributed by atoms with E-state index in [1.165, 1.54) is 19.3 Å². The van der Waals surface area contributed by atoms with Crippen LogP contribution in [0.2, 0.25) is 0 Å². The fourth-order valence-corrected chi connectivity index (χ4v) is 7.38. The standard InChI is InChI=1S/C27H48ClN5O4/c1-17-24(37-16-31-17)15-36-23-6-5-19-13-33(10-8-22(19)26(23)28)14-21(34)12-30-27(35)18-7-9-29-25(11-18)32-20-3-2-4-20/h17-26,29,31-32,34H,2-16H2,1H3,(H,30,35)/t17?,18?,19?,21-,22?,23?,24?,25?,26?/m0/s1. The van der Waals surface area contributed by atoms with E-state index in [2.05, 4.69) is 33.1 Å². The fourth-order valence-electron chi connectivity index (χ4n) is 6.85. The Morgan fingerprint density at radius 1 is 1.22 bits per heavy atom. The van der Waals surface area contributed by atoms with Gasteiger partial charge in [-0.25, -0.2) is 0 Å². The SMILES string of the molecule is CC1NCOC1COC1CCC2CN(C[C@@H](O)CNC(=O)C3CCNC(NC4CCC4)C3)CCC2C1Cl. The van der Waals surface area contributed by atoms with Gasteiger partial charge in [-0.3, -0.25) is 15.4 Å². The Balaban J connectivity index is 0.993. The van der Waals surface area contributed by atoms with E-state index in [1.54, 1.807) is 0 Å². The van der Waals surface area contributed by atoms with Crippen molar-refractivity contribution in [2.24, 2.45) is 17.8 Å². The van der Waals surface area contributed by atoms with Crippen molar-refractivity contribution in [3.8, 4) is 0 Å². The molecule has 0 aromatic rings. The number of rotatable bonds is 10. The normalized spacial score (nSPS) is 40.1. The number of amides is 1. The summed E-state index contributed by atoms with van der Waals surface area (Å²) in [5.41, 5.74) is 0. The fraction of sp³-hybridized carbons (Fsp3) is 0.963. The highest BCUT2D eigenvalue weighted by Crippen LogP contribution is 2.40. The van der Waals surface area contributed by atoms with Gasteiger partial charge in [0, 0.05) is 37.6 Å². The smallest absolute Gasteiger partial charge is 0.223 e. The highest BCUT2D eigenvalue weighted by atomic mass is 35.5. The van der Waals surface area contributed by atoms with Crippen molar-refractivity contribution in [1.82, 2.24) is 26.2 Å². The van der Waals surface area contributed by atoms with Crippen molar-refractivity contribution in [3.05, 3.63) is 0 Å². The third kappa shape index (κ3) is 7.37. The number of nitrogens with zero attached hydrogens (tertiary/aromatic N) is 1. The average molecular weight is 542 g/mol. The second-order valence-corrected chi connectivity index (χ2v) is 12.6. The lowest BCUT2D eigenvalue weighted by atomic mass is 9.73. The number of aliphatic hydroxyl groups is 1. The van der Waals surface area contributed by atoms with Crippen LogP contribution < -0.4 is 21.3 Å². The summed E-state index contributed by atoms with van der Waals surface area (Å²) in [4.78, 5) is 15.1. The molecule has 0 aromatic heterocycles. The average Bonchev–Trinajstić information content (AvgIpc) is 3.29. The molecule has 0 bridgehead atoms. The number of piperidine rings is 2. The van der Waals surface area contributed by atoms with Gasteiger partial charge in [0.25, 0.3) is 0 Å². The van der Waals surface area contributed by atoms with Gasteiger partial charge in [0.1, 0.15) is 0 Å². The minimum Gasteiger partial charge on any atom is -0.390 e. The van der Waals surface area contributed by atoms with Crippen LogP contribution >= 0.6 is 11.6 Å². The maximum Gasteiger partial charge on any atom is 0.223 e. The van der Waals surface area contributed by atoms with E-state index in [0.29, 0.717) is 50.3 Å². The van der Waals surface area contributed by atoms with Crippen molar-refractivity contribution < 1.29 is 19.4 Å². The van der Waals surface area contributed by atoms with Gasteiger partial charge in [0.05, 0.1) is 43.2 Å². The predicted octanol–water partition coefficient (Wildman–Crippen LogP) is 0.990. The highest BCUT2D eigenvalue weighted by molar-refractivity contribution is 6.21. The molecule has 0 spiro atoms. The molecule has 3 heterocycles. The number of hydrogen-bond acceptors (Lipinski definition) is 8. The van der Waals surface area contributed by atoms with Gasteiger partial charge < -0.3 is 30.1 Å². The maximum absolute atomic E-state index is 12.8. The first kappa shape index (κ1) is 28.0. The largest absolute Gasteiger partial charge is 0.390 e. The number of alkyl halides is 1. The molecular formula is C27H48ClN5O4. The molecule has 0 radical (unpaired) electrons. The third-order valence-electron chi connectivity index (χ3n) is 9.50. The number of aliphatic hydroxyl groups excluding tert-OH is 1. The number of β-amino-alcohol motifs (C(OH)–C–C–N with tert-alkyl or cyclic N) is 1. The second kappa shape index (κ2) is 13.2. The minimum absolute atomic E-state index is 0.0135. The maximum atomic E-state index is 12.8. The molecule has 3 aliphatic heterocycles. The van der Waals surface area contributed by atoms with Crippen LogP contribution in [-0.4, -0.2) is 104 Å². The first-order valence-corrected chi connectivity index (χ1v) is 15.2. The molecule has 2 saturated carbocycles. The quantitative estimate of drug-likeness (QED) is 0.261. The highest BCUT2D eigenvalue weighted by Gasteiger charge is 2.42. The second-order valence-electron chi connectivity index (χ2n) is 12.1. The summed E-state index contributed by atoms with van der Waals surface area (Å²) in [6.07, 6.45) is 8.43. The molecule has 37 heavy (non-hydrogen) atoms. The van der Waals surface area contributed by atoms with E-state index in [0.717, 1.165) is 51.7 Å². The summed E-state index contributed by atoms with van der Waals surface area (Å²) >= 11 is 6.93. The molecule has 5 N–H and O–H groups in total. The summed E-state index contributed by atoms with van der Waals surface area (Å²) in [6, 6.07) is 0.921. The van der Waals surface area contributed by atoms with Gasteiger partial charge in [-0.1, -0.05) is 6.42 Å². The van der Waals surface area contributed by atoms with Crippen molar-refractivity contribution in [1.29, 1.82) is 0 Å². The zero-order valence-electron chi connectivity index (χ0n) is 22.4. The van der Waals surface area contributed by atoms with Gasteiger partial charge in [-0.2, -0.15) is 0 Å². The Morgan fingerprint density at radius 3 is 2.84 bits per heavy atom. The first-order chi connectivity index (χ1) is 18.0. The predicted molar refractivity (Wildman–Crippen MR) is 143 cm³/mol. The third-order valence-corrected chi connectivity index (χ3v) is 10.1. The molecule has 2 aliphatic carbocycles. The van der Waals surface area contributed by atoms with Crippen molar-refractivity contribution >= 4 is 17.5 Å². The Bertz CT molecular complexity index is 746. The zero-order valence-corrected chi connectivity index (χ0v) is 23.1. The van der Waals surface area contributed by atoms with Gasteiger partial charge in [-0.05, 0) is 76.8 Å². The number of halogens is 1. The minimum atomic E-state index is -0.556. The van der Waals surface area contributed by atoms with Crippen LogP contribution in [0.15, 0.2) is 0 Å². The molecule has 0 aromatic carbocycles. The van der Waals surface area contributed by atoms with Crippen molar-refractivity contribution in [2.45, 2.75) is 100 Å². The van der Waals surface area contributed by atoms with E-state index in [1.807, 2.05) is 0 Å². The van der Waals surface area contributed by atoms with E-state index in [9.17, 15) is 9.90 Å². The Labute approximate surface area is 227 Å². The van der Waals surface area contributed by atoms with Crippen LogP contribution in [-0.2, 0) is 14.3 Å². The zero-order chi connectivity index (χ0) is 25.8. The summed E-state index contributed by atoms with van der Waals surface area (Å²) in [5, 5.41) is 24.2. The molecule has 1 amide bonds. The van der Waals surface area contributed by atoms with Crippen LogP contribution in [0.25, 0.3) is 0 Å². The molecule has 5 rings (SSSR count). The van der Waals surface area contributed by atoms with E-state index in [-0.39, 0.29) is 35.6 Å². The Kier molecular flexibility index (Phi) is 10.0. The van der Waals surface area contributed by atoms with E-state index < -0.39 is 6.10 Å². The number of carbonyl (C=O) groups excluding carboxylic acids is 1. The number of nitrogens with one attached hydrogen (secondary N) is 4. The van der Waals surface area contributed by atoms with Crippen LogP contribution in [0.1, 0.15) is 58.3 Å². The summed E-state index contributed by atoms with van der Waals surface area (Å²) in [7, 11) is 0. The molecule has 5 fully saturated rings. The van der Waals surface area contributed by atoms with Crippen molar-refractivity contribution in [2.75, 3.05) is 46.1 Å². The Morgan fingerprint density at radius 2 is 2.08 bits per heavy atom. The van der Waals surface area contributed by atoms with Gasteiger partial charge in [0.2, 0.25) is 5.91 Å². The van der Waals surface area contributed by atoms with Gasteiger partial charge in [-0.15, -0.1) is 11.6 Å². The number of fused-ring (bicyclic) bond motifs is 1. The molecule has 9 nitrogen and oxygen atoms in total. The van der Waals surface area contributed by atoms with E-state index >= 15 is 0 Å². The molecular weight excluding hydrogens is 494 g/mol. The van der Waals surface area contributed by atoms with Crippen LogP contribution in [0.4, 0.5) is 0 Å². The lowest BCUT2D eigenvalue weighted by Crippen LogP contribution is -2.55. The summed E-state index contributed by atoms with van der Waals surface area (Å²) < 4.78 is 11.9. The summed E-state index contributed by atoms with van der Waals surface area (Å²) in [6.45, 7) is 6.98. The lowest BCUT2D eigenvalue weighted by Gasteiger charge is -2.46. The number of carbonyl (C=O) groups is 1. The Hall–Kier alpha value is -0.520. The van der Waals surface area contributed by atoms with Gasteiger partial charge in [0.15, 0.2) is 0 Å². The molecule has 5 aliphatic rings. The number of likely N-dealkylation sites (tertiary alicyclic amines) is 1. The van der Waals surface area contributed by atoms with Crippen LogP contribution in [0.3, 0.4) is 0 Å². The lowest BCUT2D eigenvalue weighted by molar-refractivity contribution is -0.126. The number of ether oxygens (including phenoxy) is 2. The molecule has 10 heteroatoms. The first-order valence-electron chi connectivity index (χ1n) is 14.7. The monoisotopic (exact) mass is 541 g/mol. The number of hydrogen-bond donors (Lipinski definition) is 5. The van der Waals surface area contributed by atoms with Gasteiger partial charge >= 0.3 is 0 Å².